The molecule has 6 heteroatoms. The van der Waals surface area contributed by atoms with Gasteiger partial charge in [-0.1, -0.05) is 158 Å². The Balaban J connectivity index is 1.20. The third kappa shape index (κ3) is 5.22. The van der Waals surface area contributed by atoms with Gasteiger partial charge in [-0.15, -0.1) is 10.2 Å². The van der Waals surface area contributed by atoms with Crippen LogP contribution < -0.4 is 0 Å². The highest BCUT2D eigenvalue weighted by atomic mass is 15.2. The van der Waals surface area contributed by atoms with Crippen molar-refractivity contribution >= 4 is 16.4 Å². The summed E-state index contributed by atoms with van der Waals surface area (Å²) in [4.78, 5) is 15.0. The van der Waals surface area contributed by atoms with E-state index in [9.17, 15) is 0 Å². The minimum atomic E-state index is 0.600. The van der Waals surface area contributed by atoms with Crippen molar-refractivity contribution in [1.82, 2.24) is 29.5 Å². The van der Waals surface area contributed by atoms with Crippen LogP contribution in [-0.4, -0.2) is 29.5 Å². The standard InChI is InChI=1S/C43H28N6/c1-4-13-29(14-5-1)30-23-25-33(26-24-30)41-45-40(32-17-8-3-9-18-32)46-42(47-41)35-20-12-19-34(27-35)39-37-22-11-10-21-36(37)38(31-15-6-2-7-16-31)43-48-44-28-49(39)43/h1-28H. The average Bonchev–Trinajstić information content (AvgIpc) is 3.67. The molecule has 6 aromatic carbocycles. The van der Waals surface area contributed by atoms with Crippen molar-refractivity contribution in [3.05, 3.63) is 170 Å². The third-order valence-corrected chi connectivity index (χ3v) is 8.84. The predicted molar refractivity (Wildman–Crippen MR) is 196 cm³/mol. The molecular weight excluding hydrogens is 601 g/mol. The summed E-state index contributed by atoms with van der Waals surface area (Å²) in [5.74, 6) is 1.84. The molecule has 9 rings (SSSR count). The molecule has 0 aliphatic rings. The molecule has 0 unspecified atom stereocenters. The van der Waals surface area contributed by atoms with Gasteiger partial charge < -0.3 is 0 Å². The molecule has 6 nitrogen and oxygen atoms in total. The maximum Gasteiger partial charge on any atom is 0.169 e. The summed E-state index contributed by atoms with van der Waals surface area (Å²) in [7, 11) is 0. The number of fused-ring (bicyclic) bond motifs is 2. The van der Waals surface area contributed by atoms with Gasteiger partial charge in [0.1, 0.15) is 6.33 Å². The van der Waals surface area contributed by atoms with Crippen LogP contribution in [0.4, 0.5) is 0 Å². The van der Waals surface area contributed by atoms with Crippen LogP contribution in [0.25, 0.3) is 84.1 Å². The van der Waals surface area contributed by atoms with Crippen LogP contribution in [0.3, 0.4) is 0 Å². The first-order valence-corrected chi connectivity index (χ1v) is 16.2. The second-order valence-corrected chi connectivity index (χ2v) is 11.9. The second kappa shape index (κ2) is 12.1. The van der Waals surface area contributed by atoms with Crippen molar-refractivity contribution in [2.24, 2.45) is 0 Å². The molecule has 0 aliphatic carbocycles. The lowest BCUT2D eigenvalue weighted by molar-refractivity contribution is 1.07. The predicted octanol–water partition coefficient (Wildman–Crippen LogP) is 10.1. The van der Waals surface area contributed by atoms with E-state index in [0.717, 1.165) is 61.1 Å². The smallest absolute Gasteiger partial charge is 0.169 e. The summed E-state index contributed by atoms with van der Waals surface area (Å²) < 4.78 is 2.09. The fourth-order valence-corrected chi connectivity index (χ4v) is 6.51. The van der Waals surface area contributed by atoms with Crippen LogP contribution in [0.2, 0.25) is 0 Å². The molecule has 3 aromatic heterocycles. The van der Waals surface area contributed by atoms with Crippen molar-refractivity contribution in [3.63, 3.8) is 0 Å². The van der Waals surface area contributed by atoms with Crippen LogP contribution in [-0.2, 0) is 0 Å². The molecule has 230 valence electrons. The Bertz CT molecular complexity index is 2580. The van der Waals surface area contributed by atoms with E-state index in [-0.39, 0.29) is 0 Å². The third-order valence-electron chi connectivity index (χ3n) is 8.84. The molecule has 0 saturated heterocycles. The van der Waals surface area contributed by atoms with Gasteiger partial charge in [-0.05, 0) is 33.7 Å². The van der Waals surface area contributed by atoms with Crippen LogP contribution in [0, 0.1) is 0 Å². The van der Waals surface area contributed by atoms with Crippen molar-refractivity contribution in [3.8, 4) is 67.7 Å². The molecule has 0 amide bonds. The van der Waals surface area contributed by atoms with Gasteiger partial charge in [0.05, 0.1) is 5.69 Å². The highest BCUT2D eigenvalue weighted by molar-refractivity contribution is 6.08. The van der Waals surface area contributed by atoms with Crippen molar-refractivity contribution in [1.29, 1.82) is 0 Å². The number of hydrogen-bond acceptors (Lipinski definition) is 5. The van der Waals surface area contributed by atoms with E-state index >= 15 is 0 Å². The van der Waals surface area contributed by atoms with E-state index in [1.807, 2.05) is 42.5 Å². The highest BCUT2D eigenvalue weighted by Crippen LogP contribution is 2.39. The number of aromatic nitrogens is 6. The molecule has 0 spiro atoms. The zero-order valence-electron chi connectivity index (χ0n) is 26.3. The molecule has 0 N–H and O–H groups in total. The van der Waals surface area contributed by atoms with Gasteiger partial charge in [0.15, 0.2) is 23.1 Å². The number of benzene rings is 6. The van der Waals surface area contributed by atoms with Gasteiger partial charge in [-0.25, -0.2) is 15.0 Å². The molecule has 0 radical (unpaired) electrons. The Kier molecular flexibility index (Phi) is 7.02. The van der Waals surface area contributed by atoms with Gasteiger partial charge in [-0.3, -0.25) is 4.40 Å². The summed E-state index contributed by atoms with van der Waals surface area (Å²) in [5.41, 5.74) is 10.0. The maximum absolute atomic E-state index is 5.05. The van der Waals surface area contributed by atoms with Gasteiger partial charge in [-0.2, -0.15) is 0 Å². The summed E-state index contributed by atoms with van der Waals surface area (Å²) in [6.45, 7) is 0. The van der Waals surface area contributed by atoms with Crippen LogP contribution in [0.15, 0.2) is 170 Å². The lowest BCUT2D eigenvalue weighted by atomic mass is 9.95. The van der Waals surface area contributed by atoms with Crippen molar-refractivity contribution < 1.29 is 0 Å². The molecule has 0 saturated carbocycles. The van der Waals surface area contributed by atoms with E-state index in [1.54, 1.807) is 6.33 Å². The van der Waals surface area contributed by atoms with Crippen LogP contribution >= 0.6 is 0 Å². The topological polar surface area (TPSA) is 68.9 Å². The Hall–Kier alpha value is -6.79. The molecule has 0 atom stereocenters. The van der Waals surface area contributed by atoms with Gasteiger partial charge in [0.25, 0.3) is 0 Å². The summed E-state index contributed by atoms with van der Waals surface area (Å²) >= 11 is 0. The number of hydrogen-bond donors (Lipinski definition) is 0. The number of rotatable bonds is 6. The molecule has 3 heterocycles. The molecule has 0 bridgehead atoms. The summed E-state index contributed by atoms with van der Waals surface area (Å²) in [5, 5.41) is 11.2. The Morgan fingerprint density at radius 3 is 1.51 bits per heavy atom. The van der Waals surface area contributed by atoms with E-state index in [2.05, 4.69) is 136 Å². The van der Waals surface area contributed by atoms with Crippen LogP contribution in [0.1, 0.15) is 0 Å². The van der Waals surface area contributed by atoms with E-state index in [1.165, 1.54) is 5.56 Å². The first kappa shape index (κ1) is 28.4. The highest BCUT2D eigenvalue weighted by Gasteiger charge is 2.19. The fourth-order valence-electron chi connectivity index (χ4n) is 6.51. The largest absolute Gasteiger partial charge is 0.280 e. The molecular formula is C43H28N6. The van der Waals surface area contributed by atoms with E-state index in [0.29, 0.717) is 17.5 Å². The number of nitrogens with zero attached hydrogens (tertiary/aromatic N) is 6. The van der Waals surface area contributed by atoms with Gasteiger partial charge in [0, 0.05) is 27.6 Å². The lowest BCUT2D eigenvalue weighted by Crippen LogP contribution is -2.01. The first-order valence-electron chi connectivity index (χ1n) is 16.2. The monoisotopic (exact) mass is 628 g/mol. The Morgan fingerprint density at radius 1 is 0.367 bits per heavy atom. The zero-order valence-corrected chi connectivity index (χ0v) is 26.3. The Labute approximate surface area is 283 Å². The van der Waals surface area contributed by atoms with Gasteiger partial charge in [0.2, 0.25) is 0 Å². The molecule has 0 fully saturated rings. The van der Waals surface area contributed by atoms with E-state index in [4.69, 9.17) is 15.0 Å². The fraction of sp³-hybridized carbons (Fsp3) is 0. The SMILES string of the molecule is c1ccc(-c2ccc(-c3nc(-c4ccccc4)nc(-c4cccc(-c5c6ccccc6c(-c6ccccc6)c6nncn56)c4)n3)cc2)cc1. The van der Waals surface area contributed by atoms with E-state index < -0.39 is 0 Å². The molecule has 0 aliphatic heterocycles. The second-order valence-electron chi connectivity index (χ2n) is 11.9. The number of pyridine rings is 1. The molecule has 49 heavy (non-hydrogen) atoms. The summed E-state index contributed by atoms with van der Waals surface area (Å²) in [6.07, 6.45) is 1.80. The average molecular weight is 629 g/mol. The normalized spacial score (nSPS) is 11.3. The zero-order chi connectivity index (χ0) is 32.6. The van der Waals surface area contributed by atoms with Crippen molar-refractivity contribution in [2.45, 2.75) is 0 Å². The maximum atomic E-state index is 5.05. The van der Waals surface area contributed by atoms with Gasteiger partial charge >= 0.3 is 0 Å². The Morgan fingerprint density at radius 2 is 0.837 bits per heavy atom. The lowest BCUT2D eigenvalue weighted by Gasteiger charge is -2.16. The van der Waals surface area contributed by atoms with Crippen LogP contribution in [0.5, 0.6) is 0 Å². The minimum absolute atomic E-state index is 0.600. The first-order chi connectivity index (χ1) is 24.3. The molecule has 9 aromatic rings. The van der Waals surface area contributed by atoms with Crippen molar-refractivity contribution in [2.75, 3.05) is 0 Å². The minimum Gasteiger partial charge on any atom is -0.280 e. The summed E-state index contributed by atoms with van der Waals surface area (Å²) in [6, 6.07) is 56.0. The quantitative estimate of drug-likeness (QED) is 0.183.